The van der Waals surface area contributed by atoms with Gasteiger partial charge in [0.1, 0.15) is 11.2 Å². The third-order valence-electron chi connectivity index (χ3n) is 4.33. The lowest BCUT2D eigenvalue weighted by molar-refractivity contribution is -0.130. The lowest BCUT2D eigenvalue weighted by Gasteiger charge is -2.32. The van der Waals surface area contributed by atoms with E-state index in [0.29, 0.717) is 17.2 Å². The minimum atomic E-state index is -0.357. The summed E-state index contributed by atoms with van der Waals surface area (Å²) >= 11 is 0. The molecule has 0 aromatic carbocycles. The summed E-state index contributed by atoms with van der Waals surface area (Å²) < 4.78 is 5.26. The number of aromatic nitrogens is 3. The van der Waals surface area contributed by atoms with Gasteiger partial charge in [0.15, 0.2) is 0 Å². The predicted octanol–water partition coefficient (Wildman–Crippen LogP) is 0.439. The molecule has 9 nitrogen and oxygen atoms in total. The Morgan fingerprint density at radius 3 is 2.92 bits per heavy atom. The Hall–Kier alpha value is -2.68. The van der Waals surface area contributed by atoms with Gasteiger partial charge in [0.25, 0.3) is 5.56 Å². The number of methoxy groups -OCH3 is 1. The number of piperidine rings is 1. The number of anilines is 1. The number of rotatable bonds is 4. The van der Waals surface area contributed by atoms with Crippen LogP contribution < -0.4 is 20.7 Å². The molecule has 0 aliphatic carbocycles. The number of hydrogen-bond donors (Lipinski definition) is 3. The van der Waals surface area contributed by atoms with E-state index in [9.17, 15) is 9.59 Å². The van der Waals surface area contributed by atoms with Gasteiger partial charge in [0.05, 0.1) is 13.3 Å². The van der Waals surface area contributed by atoms with Gasteiger partial charge in [-0.1, -0.05) is 0 Å². The molecule has 1 saturated heterocycles. The van der Waals surface area contributed by atoms with E-state index >= 15 is 0 Å². The Kier molecular flexibility index (Phi) is 4.61. The monoisotopic (exact) mass is 333 g/mol. The molecule has 0 radical (unpaired) electrons. The van der Waals surface area contributed by atoms with Crippen LogP contribution >= 0.6 is 0 Å². The van der Waals surface area contributed by atoms with Gasteiger partial charge < -0.3 is 9.64 Å². The van der Waals surface area contributed by atoms with E-state index in [4.69, 9.17) is 9.94 Å². The Bertz CT molecular complexity index is 798. The molecule has 0 atom stereocenters. The molecule has 0 unspecified atom stereocenters. The molecule has 1 fully saturated rings. The average molecular weight is 333 g/mol. The van der Waals surface area contributed by atoms with Crippen LogP contribution in [0.1, 0.15) is 19.3 Å². The molecule has 2 aromatic rings. The molecule has 3 heterocycles. The highest BCUT2D eigenvalue weighted by atomic mass is 16.5. The number of pyridine rings is 1. The van der Waals surface area contributed by atoms with Crippen molar-refractivity contribution in [1.29, 1.82) is 0 Å². The summed E-state index contributed by atoms with van der Waals surface area (Å²) in [6.45, 7) is 1.48. The molecule has 1 amide bonds. The number of nitrogens with one attached hydrogen (secondary N) is 2. The van der Waals surface area contributed by atoms with E-state index in [1.807, 2.05) is 6.07 Å². The highest BCUT2D eigenvalue weighted by Crippen LogP contribution is 2.28. The van der Waals surface area contributed by atoms with Gasteiger partial charge in [-0.05, 0) is 24.8 Å². The van der Waals surface area contributed by atoms with Gasteiger partial charge in [-0.15, -0.1) is 0 Å². The van der Waals surface area contributed by atoms with E-state index < -0.39 is 0 Å². The first kappa shape index (κ1) is 16.2. The van der Waals surface area contributed by atoms with Crippen LogP contribution in [0.4, 0.5) is 5.82 Å². The normalized spacial score (nSPS) is 15.5. The standard InChI is InChI=1S/C15H19N5O4/c1-24-15-13-10(8-16-18-14(13)22)7-11(17-15)20-4-2-9(3-5-20)6-12(21)19-23/h7-9,23H,2-6H2,1H3,(H,18,22)(H,19,21). The maximum atomic E-state index is 11.9. The number of hydrogen-bond acceptors (Lipinski definition) is 7. The average Bonchev–Trinajstić information content (AvgIpc) is 2.61. The quantitative estimate of drug-likeness (QED) is 0.548. The second-order valence-electron chi connectivity index (χ2n) is 5.82. The number of carbonyl (C=O) groups is 1. The Balaban J connectivity index is 1.81. The topological polar surface area (TPSA) is 120 Å². The molecular formula is C15H19N5O4. The Labute approximate surface area is 137 Å². The van der Waals surface area contributed by atoms with Gasteiger partial charge in [-0.25, -0.2) is 10.6 Å². The predicted molar refractivity (Wildman–Crippen MR) is 86.2 cm³/mol. The fourth-order valence-corrected chi connectivity index (χ4v) is 3.06. The van der Waals surface area contributed by atoms with Crippen LogP contribution in [-0.4, -0.2) is 46.5 Å². The summed E-state index contributed by atoms with van der Waals surface area (Å²) in [6, 6.07) is 1.82. The van der Waals surface area contributed by atoms with Crippen LogP contribution in [0.5, 0.6) is 5.88 Å². The molecule has 9 heteroatoms. The fourth-order valence-electron chi connectivity index (χ4n) is 3.06. The number of nitrogens with zero attached hydrogens (tertiary/aromatic N) is 3. The highest BCUT2D eigenvalue weighted by molar-refractivity contribution is 5.87. The number of hydroxylamine groups is 1. The van der Waals surface area contributed by atoms with Crippen LogP contribution in [-0.2, 0) is 4.79 Å². The van der Waals surface area contributed by atoms with Gasteiger partial charge in [0, 0.05) is 24.9 Å². The highest BCUT2D eigenvalue weighted by Gasteiger charge is 2.23. The number of ether oxygens (including phenoxy) is 1. The zero-order valence-corrected chi connectivity index (χ0v) is 13.3. The molecule has 3 rings (SSSR count). The van der Waals surface area contributed by atoms with Crippen molar-refractivity contribution in [1.82, 2.24) is 20.7 Å². The van der Waals surface area contributed by atoms with Crippen molar-refractivity contribution in [2.75, 3.05) is 25.1 Å². The summed E-state index contributed by atoms with van der Waals surface area (Å²) in [7, 11) is 1.48. The first-order chi connectivity index (χ1) is 11.6. The molecule has 1 aliphatic rings. The third kappa shape index (κ3) is 3.16. The van der Waals surface area contributed by atoms with Crippen LogP contribution in [0.3, 0.4) is 0 Å². The zero-order chi connectivity index (χ0) is 17.1. The number of fused-ring (bicyclic) bond motifs is 1. The van der Waals surface area contributed by atoms with Crippen molar-refractivity contribution in [3.8, 4) is 5.88 Å². The number of amides is 1. The van der Waals surface area contributed by atoms with Crippen LogP contribution in [0.15, 0.2) is 17.1 Å². The van der Waals surface area contributed by atoms with Gasteiger partial charge in [-0.3, -0.25) is 14.8 Å². The number of carbonyl (C=O) groups excluding carboxylic acids is 1. The van der Waals surface area contributed by atoms with Crippen molar-refractivity contribution in [3.63, 3.8) is 0 Å². The van der Waals surface area contributed by atoms with E-state index in [1.54, 1.807) is 11.7 Å². The van der Waals surface area contributed by atoms with Gasteiger partial charge >= 0.3 is 0 Å². The zero-order valence-electron chi connectivity index (χ0n) is 13.3. The largest absolute Gasteiger partial charge is 0.480 e. The first-order valence-electron chi connectivity index (χ1n) is 7.72. The molecule has 3 N–H and O–H groups in total. The maximum absolute atomic E-state index is 11.9. The van der Waals surface area contributed by atoms with E-state index in [1.165, 1.54) is 7.11 Å². The van der Waals surface area contributed by atoms with E-state index in [0.717, 1.165) is 31.7 Å². The van der Waals surface area contributed by atoms with Crippen LogP contribution in [0, 0.1) is 5.92 Å². The van der Waals surface area contributed by atoms with Gasteiger partial charge in [0.2, 0.25) is 11.8 Å². The molecule has 0 spiro atoms. The second kappa shape index (κ2) is 6.83. The number of aromatic amines is 1. The van der Waals surface area contributed by atoms with Crippen LogP contribution in [0.2, 0.25) is 0 Å². The van der Waals surface area contributed by atoms with Crippen molar-refractivity contribution in [3.05, 3.63) is 22.6 Å². The summed E-state index contributed by atoms with van der Waals surface area (Å²) in [5, 5.41) is 15.9. The van der Waals surface area contributed by atoms with Crippen molar-refractivity contribution in [2.24, 2.45) is 5.92 Å². The Morgan fingerprint density at radius 1 is 1.50 bits per heavy atom. The van der Waals surface area contributed by atoms with E-state index in [2.05, 4.69) is 20.1 Å². The fraction of sp³-hybridized carbons (Fsp3) is 0.467. The maximum Gasteiger partial charge on any atom is 0.277 e. The van der Waals surface area contributed by atoms with Crippen molar-refractivity contribution in [2.45, 2.75) is 19.3 Å². The SMILES string of the molecule is COc1nc(N2CCC(CC(=O)NO)CC2)cc2cn[nH]c(=O)c12. The third-order valence-corrected chi connectivity index (χ3v) is 4.33. The molecular weight excluding hydrogens is 314 g/mol. The first-order valence-corrected chi connectivity index (χ1v) is 7.72. The minimum Gasteiger partial charge on any atom is -0.480 e. The van der Waals surface area contributed by atoms with Crippen molar-refractivity contribution < 1.29 is 14.7 Å². The summed E-state index contributed by atoms with van der Waals surface area (Å²) in [4.78, 5) is 29.7. The molecule has 2 aromatic heterocycles. The Morgan fingerprint density at radius 2 is 2.25 bits per heavy atom. The summed E-state index contributed by atoms with van der Waals surface area (Å²) in [6.07, 6.45) is 3.53. The lowest BCUT2D eigenvalue weighted by Crippen LogP contribution is -2.36. The lowest BCUT2D eigenvalue weighted by atomic mass is 9.93. The molecule has 128 valence electrons. The van der Waals surface area contributed by atoms with Crippen LogP contribution in [0.25, 0.3) is 10.8 Å². The smallest absolute Gasteiger partial charge is 0.277 e. The molecule has 24 heavy (non-hydrogen) atoms. The minimum absolute atomic E-state index is 0.236. The molecule has 1 aliphatic heterocycles. The number of H-pyrrole nitrogens is 1. The van der Waals surface area contributed by atoms with Gasteiger partial charge in [-0.2, -0.15) is 10.1 Å². The summed E-state index contributed by atoms with van der Waals surface area (Å²) in [5.74, 6) is 0.870. The van der Waals surface area contributed by atoms with Crippen molar-refractivity contribution >= 4 is 22.5 Å². The summed E-state index contributed by atoms with van der Waals surface area (Å²) in [5.41, 5.74) is 1.34. The van der Waals surface area contributed by atoms with E-state index in [-0.39, 0.29) is 23.3 Å². The second-order valence-corrected chi connectivity index (χ2v) is 5.82. The molecule has 0 saturated carbocycles. The molecule has 0 bridgehead atoms.